The number of aliphatic hydroxyl groups is 1. The molecule has 0 unspecified atom stereocenters. The lowest BCUT2D eigenvalue weighted by Crippen LogP contribution is -2.48. The fourth-order valence-electron chi connectivity index (χ4n) is 4.18. The number of hydrogen-bond acceptors (Lipinski definition) is 3. The Balaban J connectivity index is 2.31. The number of carbonyl (C=O) groups excluding carboxylic acids is 2. The number of halogens is 3. The van der Waals surface area contributed by atoms with Crippen LogP contribution in [0.15, 0.2) is 42.2 Å². The zero-order valence-corrected chi connectivity index (χ0v) is 18.4. The van der Waals surface area contributed by atoms with Crippen molar-refractivity contribution in [1.82, 2.24) is 0 Å². The zero-order valence-electron chi connectivity index (χ0n) is 18.4. The van der Waals surface area contributed by atoms with Crippen LogP contribution in [0.1, 0.15) is 49.9 Å². The highest BCUT2D eigenvalue weighted by Crippen LogP contribution is 2.47. The van der Waals surface area contributed by atoms with Crippen molar-refractivity contribution in [2.45, 2.75) is 47.7 Å². The molecule has 1 N–H and O–H groups in total. The molecule has 2 aromatic rings. The van der Waals surface area contributed by atoms with Gasteiger partial charge < -0.3 is 5.11 Å². The minimum absolute atomic E-state index is 0.0164. The van der Waals surface area contributed by atoms with Crippen LogP contribution in [0.4, 0.5) is 13.2 Å². The first-order chi connectivity index (χ1) is 14.1. The maximum atomic E-state index is 13.7. The molecule has 0 atom stereocenters. The minimum Gasteiger partial charge on any atom is -0.510 e. The summed E-state index contributed by atoms with van der Waals surface area (Å²) in [5, 5.41) is 10.9. The van der Waals surface area contributed by atoms with Gasteiger partial charge >= 0.3 is 6.18 Å². The summed E-state index contributed by atoms with van der Waals surface area (Å²) in [6.07, 6.45) is -4.55. The number of alkyl halides is 3. The maximum absolute atomic E-state index is 13.7. The molecule has 0 heterocycles. The number of aryl methyl sites for hydroxylation is 2. The van der Waals surface area contributed by atoms with E-state index in [-0.39, 0.29) is 22.5 Å². The predicted octanol–water partition coefficient (Wildman–Crippen LogP) is 6.46. The summed E-state index contributed by atoms with van der Waals surface area (Å²) in [6.45, 7) is 9.40. The second kappa shape index (κ2) is 7.08. The Morgan fingerprint density at radius 2 is 1.45 bits per heavy atom. The van der Waals surface area contributed by atoms with E-state index in [1.807, 2.05) is 0 Å². The number of ketones is 2. The van der Waals surface area contributed by atoms with Gasteiger partial charge in [-0.05, 0) is 75.9 Å². The van der Waals surface area contributed by atoms with Crippen molar-refractivity contribution < 1.29 is 27.9 Å². The zero-order chi connectivity index (χ0) is 23.5. The van der Waals surface area contributed by atoms with Gasteiger partial charge in [-0.15, -0.1) is 0 Å². The molecule has 0 radical (unpaired) electrons. The number of allylic oxidation sites excluding steroid dienone is 2. The number of carbonyl (C=O) groups is 2. The summed E-state index contributed by atoms with van der Waals surface area (Å²) in [6, 6.07) is 8.75. The number of Topliss-reactive ketones (excluding diaryl/α,β-unsaturated/α-hetero) is 2. The van der Waals surface area contributed by atoms with Gasteiger partial charge in [0.25, 0.3) is 0 Å². The highest BCUT2D eigenvalue weighted by atomic mass is 19.4. The lowest BCUT2D eigenvalue weighted by atomic mass is 9.62. The van der Waals surface area contributed by atoms with Gasteiger partial charge in [0.2, 0.25) is 0 Å². The third-order valence-electron chi connectivity index (χ3n) is 6.06. The highest BCUT2D eigenvalue weighted by molar-refractivity contribution is 6.34. The average molecular weight is 430 g/mol. The summed E-state index contributed by atoms with van der Waals surface area (Å²) in [5.41, 5.74) is -1.78. The molecule has 1 aliphatic carbocycles. The second-order valence-electron chi connectivity index (χ2n) is 9.21. The lowest BCUT2D eigenvalue weighted by Gasteiger charge is -2.38. The van der Waals surface area contributed by atoms with Crippen LogP contribution in [-0.2, 0) is 15.8 Å². The summed E-state index contributed by atoms with van der Waals surface area (Å²) in [4.78, 5) is 26.0. The molecule has 3 nitrogen and oxygen atoms in total. The molecule has 0 aliphatic heterocycles. The van der Waals surface area contributed by atoms with E-state index in [1.54, 1.807) is 45.9 Å². The van der Waals surface area contributed by atoms with E-state index in [4.69, 9.17) is 0 Å². The summed E-state index contributed by atoms with van der Waals surface area (Å²) in [5.74, 6) is -1.31. The van der Waals surface area contributed by atoms with Crippen LogP contribution in [0, 0.1) is 24.7 Å². The summed E-state index contributed by atoms with van der Waals surface area (Å²) < 4.78 is 41.0. The number of hydrogen-bond donors (Lipinski definition) is 1. The van der Waals surface area contributed by atoms with Crippen LogP contribution in [0.5, 0.6) is 0 Å². The Morgan fingerprint density at radius 1 is 0.839 bits per heavy atom. The van der Waals surface area contributed by atoms with Gasteiger partial charge in [-0.1, -0.05) is 29.8 Å². The molecule has 0 saturated carbocycles. The number of aliphatic hydroxyl groups excluding tert-OH is 1. The largest absolute Gasteiger partial charge is 0.510 e. The van der Waals surface area contributed by atoms with Gasteiger partial charge in [-0.2, -0.15) is 13.2 Å². The molecular formula is C25H25F3O3. The van der Waals surface area contributed by atoms with Crippen LogP contribution < -0.4 is 0 Å². The fourth-order valence-corrected chi connectivity index (χ4v) is 4.18. The Kier molecular flexibility index (Phi) is 5.20. The van der Waals surface area contributed by atoms with Gasteiger partial charge in [0.1, 0.15) is 5.76 Å². The number of benzene rings is 2. The first kappa shape index (κ1) is 22.8. The van der Waals surface area contributed by atoms with Crippen molar-refractivity contribution in [3.8, 4) is 11.1 Å². The van der Waals surface area contributed by atoms with Crippen molar-refractivity contribution in [1.29, 1.82) is 0 Å². The van der Waals surface area contributed by atoms with E-state index >= 15 is 0 Å². The molecule has 31 heavy (non-hydrogen) atoms. The van der Waals surface area contributed by atoms with Crippen molar-refractivity contribution in [2.24, 2.45) is 10.8 Å². The Hall–Kier alpha value is -2.89. The summed E-state index contributed by atoms with van der Waals surface area (Å²) in [7, 11) is 0. The molecule has 0 amide bonds. The molecule has 0 fully saturated rings. The molecule has 6 heteroatoms. The minimum atomic E-state index is -4.55. The third-order valence-corrected chi connectivity index (χ3v) is 6.06. The van der Waals surface area contributed by atoms with Crippen LogP contribution >= 0.6 is 0 Å². The van der Waals surface area contributed by atoms with E-state index < -0.39 is 34.1 Å². The van der Waals surface area contributed by atoms with Crippen LogP contribution in [-0.4, -0.2) is 16.7 Å². The normalized spacial score (nSPS) is 18.5. The lowest BCUT2D eigenvalue weighted by molar-refractivity contribution is -0.143. The first-order valence-electron chi connectivity index (χ1n) is 9.92. The smallest absolute Gasteiger partial charge is 0.417 e. The van der Waals surface area contributed by atoms with E-state index in [0.717, 1.165) is 6.07 Å². The van der Waals surface area contributed by atoms with Crippen LogP contribution in [0.3, 0.4) is 0 Å². The van der Waals surface area contributed by atoms with Crippen molar-refractivity contribution >= 4 is 17.1 Å². The first-order valence-corrected chi connectivity index (χ1v) is 9.92. The fraction of sp³-hybridized carbons (Fsp3) is 0.360. The monoisotopic (exact) mass is 430 g/mol. The molecule has 1 aliphatic rings. The summed E-state index contributed by atoms with van der Waals surface area (Å²) >= 11 is 0. The van der Waals surface area contributed by atoms with Crippen LogP contribution in [0.2, 0.25) is 0 Å². The van der Waals surface area contributed by atoms with E-state index in [9.17, 15) is 27.9 Å². The van der Waals surface area contributed by atoms with E-state index in [1.165, 1.54) is 26.0 Å². The molecule has 0 aromatic heterocycles. The van der Waals surface area contributed by atoms with Gasteiger partial charge in [0.15, 0.2) is 11.6 Å². The van der Waals surface area contributed by atoms with Crippen molar-refractivity contribution in [2.75, 3.05) is 0 Å². The Morgan fingerprint density at radius 3 is 2.03 bits per heavy atom. The van der Waals surface area contributed by atoms with Crippen LogP contribution in [0.25, 0.3) is 16.7 Å². The predicted molar refractivity (Wildman–Crippen MR) is 113 cm³/mol. The molecule has 0 bridgehead atoms. The molecule has 0 saturated heterocycles. The average Bonchev–Trinajstić information content (AvgIpc) is 2.67. The SMILES string of the molecule is Cc1ccc(-c2ccc(C)c(C3=C(O)C(C)(C)C(=O)C(C)(C)C3=O)c2)c(C(F)(F)F)c1. The topological polar surface area (TPSA) is 54.4 Å². The van der Waals surface area contributed by atoms with Gasteiger partial charge in [0, 0.05) is 0 Å². The molecule has 164 valence electrons. The molecular weight excluding hydrogens is 405 g/mol. The highest BCUT2D eigenvalue weighted by Gasteiger charge is 2.53. The quantitative estimate of drug-likeness (QED) is 0.556. The van der Waals surface area contributed by atoms with E-state index in [0.29, 0.717) is 16.7 Å². The van der Waals surface area contributed by atoms with Crippen molar-refractivity contribution in [3.63, 3.8) is 0 Å². The van der Waals surface area contributed by atoms with E-state index in [2.05, 4.69) is 0 Å². The maximum Gasteiger partial charge on any atom is 0.417 e. The molecule has 3 rings (SSSR count). The molecule has 2 aromatic carbocycles. The standard InChI is InChI=1S/C25H25F3O3/c1-13-7-10-16(18(11-13)25(26,27)28)15-9-8-14(2)17(12-15)19-20(29)23(3,4)22(31)24(5,6)21(19)30/h7-12,29H,1-6H3. The molecule has 0 spiro atoms. The Labute approximate surface area is 179 Å². The second-order valence-corrected chi connectivity index (χ2v) is 9.21. The van der Waals surface area contributed by atoms with Crippen molar-refractivity contribution in [3.05, 3.63) is 64.4 Å². The Bertz CT molecular complexity index is 1140. The van der Waals surface area contributed by atoms with Gasteiger partial charge in [-0.3, -0.25) is 9.59 Å². The van der Waals surface area contributed by atoms with Gasteiger partial charge in [0.05, 0.1) is 22.0 Å². The van der Waals surface area contributed by atoms with Gasteiger partial charge in [-0.25, -0.2) is 0 Å². The number of rotatable bonds is 2. The third kappa shape index (κ3) is 3.58.